The van der Waals surface area contributed by atoms with Crippen LogP contribution in [0.2, 0.25) is 0 Å². The lowest BCUT2D eigenvalue weighted by molar-refractivity contribution is -0.144. The molecule has 0 spiro atoms. The summed E-state index contributed by atoms with van der Waals surface area (Å²) in [6.07, 6.45) is 8.40. The molecule has 21 heavy (non-hydrogen) atoms. The van der Waals surface area contributed by atoms with Crippen molar-refractivity contribution < 1.29 is 9.90 Å². The molecule has 1 saturated carbocycles. The van der Waals surface area contributed by atoms with Gasteiger partial charge in [0.25, 0.3) is 0 Å². The van der Waals surface area contributed by atoms with Crippen molar-refractivity contribution >= 4 is 5.97 Å². The summed E-state index contributed by atoms with van der Waals surface area (Å²) in [6, 6.07) is 0. The number of carboxylic acids is 1. The average Bonchev–Trinajstić information content (AvgIpc) is 2.36. The SMILES string of the molecule is C[C@@H]1CC[C@@H]([C@@H](C)C(=O)O)[C@H]2C=C(CC(C)(C)C)CC[C@H]21. The second kappa shape index (κ2) is 6.14. The van der Waals surface area contributed by atoms with E-state index in [4.69, 9.17) is 0 Å². The van der Waals surface area contributed by atoms with Gasteiger partial charge in [0, 0.05) is 0 Å². The molecule has 1 N–H and O–H groups in total. The number of carbonyl (C=O) groups is 1. The summed E-state index contributed by atoms with van der Waals surface area (Å²) >= 11 is 0. The number of carboxylic acid groups (broad SMARTS) is 1. The lowest BCUT2D eigenvalue weighted by atomic mass is 9.59. The van der Waals surface area contributed by atoms with E-state index in [0.29, 0.717) is 23.2 Å². The minimum Gasteiger partial charge on any atom is -0.481 e. The van der Waals surface area contributed by atoms with Gasteiger partial charge < -0.3 is 5.11 Å². The summed E-state index contributed by atoms with van der Waals surface area (Å²) in [4.78, 5) is 11.4. The molecule has 0 saturated heterocycles. The second-order valence-corrected chi connectivity index (χ2v) is 8.69. The van der Waals surface area contributed by atoms with E-state index in [9.17, 15) is 9.90 Å². The van der Waals surface area contributed by atoms with Crippen LogP contribution in [-0.2, 0) is 4.79 Å². The Morgan fingerprint density at radius 3 is 2.57 bits per heavy atom. The Morgan fingerprint density at radius 2 is 2.00 bits per heavy atom. The lowest BCUT2D eigenvalue weighted by Crippen LogP contribution is -2.39. The Morgan fingerprint density at radius 1 is 1.33 bits per heavy atom. The molecule has 0 amide bonds. The number of allylic oxidation sites excluding steroid dienone is 2. The molecule has 0 aliphatic heterocycles. The normalized spacial score (nSPS) is 34.8. The van der Waals surface area contributed by atoms with E-state index in [1.807, 2.05) is 6.92 Å². The first kappa shape index (κ1) is 16.6. The summed E-state index contributed by atoms with van der Waals surface area (Å²) in [5, 5.41) is 9.42. The minimum atomic E-state index is -0.621. The molecule has 2 rings (SSSR count). The topological polar surface area (TPSA) is 37.3 Å². The van der Waals surface area contributed by atoms with Gasteiger partial charge in [0.1, 0.15) is 0 Å². The van der Waals surface area contributed by atoms with E-state index >= 15 is 0 Å². The van der Waals surface area contributed by atoms with Crippen LogP contribution in [0.25, 0.3) is 0 Å². The Labute approximate surface area is 130 Å². The van der Waals surface area contributed by atoms with Gasteiger partial charge in [-0.15, -0.1) is 0 Å². The number of fused-ring (bicyclic) bond motifs is 1. The number of hydrogen-bond donors (Lipinski definition) is 1. The molecule has 0 bridgehead atoms. The maximum atomic E-state index is 11.4. The van der Waals surface area contributed by atoms with Gasteiger partial charge >= 0.3 is 5.97 Å². The molecule has 2 nitrogen and oxygen atoms in total. The van der Waals surface area contributed by atoms with E-state index < -0.39 is 5.97 Å². The summed E-state index contributed by atoms with van der Waals surface area (Å²) < 4.78 is 0. The third-order valence-corrected chi connectivity index (χ3v) is 5.69. The summed E-state index contributed by atoms with van der Waals surface area (Å²) in [7, 11) is 0. The highest BCUT2D eigenvalue weighted by Crippen LogP contribution is 2.49. The van der Waals surface area contributed by atoms with Crippen molar-refractivity contribution in [2.24, 2.45) is 35.0 Å². The van der Waals surface area contributed by atoms with E-state index in [-0.39, 0.29) is 5.92 Å². The van der Waals surface area contributed by atoms with Crippen molar-refractivity contribution in [3.63, 3.8) is 0 Å². The van der Waals surface area contributed by atoms with Crippen LogP contribution in [0.3, 0.4) is 0 Å². The zero-order valence-corrected chi connectivity index (χ0v) is 14.4. The van der Waals surface area contributed by atoms with Gasteiger partial charge in [0.15, 0.2) is 0 Å². The first-order chi connectivity index (χ1) is 9.69. The molecule has 2 heteroatoms. The Kier molecular flexibility index (Phi) is 4.85. The Hall–Kier alpha value is -0.790. The third kappa shape index (κ3) is 3.90. The van der Waals surface area contributed by atoms with E-state index in [1.54, 1.807) is 5.57 Å². The third-order valence-electron chi connectivity index (χ3n) is 5.69. The monoisotopic (exact) mass is 292 g/mol. The fourth-order valence-corrected chi connectivity index (χ4v) is 4.59. The van der Waals surface area contributed by atoms with Gasteiger partial charge in [0.2, 0.25) is 0 Å². The maximum Gasteiger partial charge on any atom is 0.306 e. The van der Waals surface area contributed by atoms with Crippen LogP contribution in [0.5, 0.6) is 0 Å². The summed E-state index contributed by atoms with van der Waals surface area (Å²) in [6.45, 7) is 11.1. The van der Waals surface area contributed by atoms with E-state index in [2.05, 4.69) is 33.8 Å². The van der Waals surface area contributed by atoms with Crippen molar-refractivity contribution in [2.75, 3.05) is 0 Å². The Bertz CT molecular complexity index is 416. The zero-order valence-electron chi connectivity index (χ0n) is 14.4. The molecule has 0 unspecified atom stereocenters. The first-order valence-corrected chi connectivity index (χ1v) is 8.61. The van der Waals surface area contributed by atoms with E-state index in [0.717, 1.165) is 18.8 Å². The maximum absolute atomic E-state index is 11.4. The highest BCUT2D eigenvalue weighted by Gasteiger charge is 2.42. The quantitative estimate of drug-likeness (QED) is 0.731. The number of hydrogen-bond acceptors (Lipinski definition) is 1. The minimum absolute atomic E-state index is 0.213. The van der Waals surface area contributed by atoms with Crippen molar-refractivity contribution in [3.05, 3.63) is 11.6 Å². The zero-order chi connectivity index (χ0) is 15.8. The number of rotatable bonds is 3. The molecular formula is C19H32O2. The van der Waals surface area contributed by atoms with Crippen LogP contribution in [-0.4, -0.2) is 11.1 Å². The lowest BCUT2D eigenvalue weighted by Gasteiger charge is -2.45. The standard InChI is InChI=1S/C19H32O2/c1-12-6-8-16(13(2)18(20)21)17-10-14(7-9-15(12)17)11-19(3,4)5/h10,12-13,15-17H,6-9,11H2,1-5H3,(H,20,21)/t12-,13-,15+,16+,17+/m1/s1. The van der Waals surface area contributed by atoms with Gasteiger partial charge in [-0.3, -0.25) is 4.79 Å². The molecule has 1 fully saturated rings. The fourth-order valence-electron chi connectivity index (χ4n) is 4.59. The van der Waals surface area contributed by atoms with Gasteiger partial charge in [-0.1, -0.05) is 52.7 Å². The molecule has 0 heterocycles. The van der Waals surface area contributed by atoms with Crippen molar-refractivity contribution in [1.82, 2.24) is 0 Å². The van der Waals surface area contributed by atoms with Crippen LogP contribution >= 0.6 is 0 Å². The average molecular weight is 292 g/mol. The molecule has 0 aromatic rings. The molecule has 120 valence electrons. The smallest absolute Gasteiger partial charge is 0.306 e. The van der Waals surface area contributed by atoms with E-state index in [1.165, 1.54) is 19.3 Å². The summed E-state index contributed by atoms with van der Waals surface area (Å²) in [5.41, 5.74) is 1.90. The molecule has 5 atom stereocenters. The predicted octanol–water partition coefficient (Wildman–Crippen LogP) is 5.14. The fraction of sp³-hybridized carbons (Fsp3) is 0.842. The van der Waals surface area contributed by atoms with Crippen molar-refractivity contribution in [3.8, 4) is 0 Å². The van der Waals surface area contributed by atoms with Crippen LogP contribution < -0.4 is 0 Å². The summed E-state index contributed by atoms with van der Waals surface area (Å²) in [5.74, 6) is 1.44. The predicted molar refractivity (Wildman–Crippen MR) is 87.1 cm³/mol. The molecule has 0 aromatic heterocycles. The highest BCUT2D eigenvalue weighted by molar-refractivity contribution is 5.70. The molecule has 2 aliphatic carbocycles. The van der Waals surface area contributed by atoms with Crippen LogP contribution in [0.1, 0.15) is 66.7 Å². The molecular weight excluding hydrogens is 260 g/mol. The molecule has 0 aromatic carbocycles. The first-order valence-electron chi connectivity index (χ1n) is 8.61. The van der Waals surface area contributed by atoms with Crippen LogP contribution in [0.15, 0.2) is 11.6 Å². The van der Waals surface area contributed by atoms with Gasteiger partial charge in [-0.2, -0.15) is 0 Å². The van der Waals surface area contributed by atoms with Crippen LogP contribution in [0, 0.1) is 35.0 Å². The van der Waals surface area contributed by atoms with Crippen molar-refractivity contribution in [2.45, 2.75) is 66.7 Å². The molecule has 0 radical (unpaired) electrons. The molecule has 2 aliphatic rings. The van der Waals surface area contributed by atoms with Crippen LogP contribution in [0.4, 0.5) is 0 Å². The number of aliphatic carboxylic acids is 1. The van der Waals surface area contributed by atoms with Gasteiger partial charge in [0.05, 0.1) is 5.92 Å². The van der Waals surface area contributed by atoms with Crippen molar-refractivity contribution in [1.29, 1.82) is 0 Å². The Balaban J connectivity index is 2.22. The van der Waals surface area contributed by atoms with Gasteiger partial charge in [-0.05, 0) is 54.8 Å². The largest absolute Gasteiger partial charge is 0.481 e. The second-order valence-electron chi connectivity index (χ2n) is 8.69. The van der Waals surface area contributed by atoms with Gasteiger partial charge in [-0.25, -0.2) is 0 Å². The highest BCUT2D eigenvalue weighted by atomic mass is 16.4.